The summed E-state index contributed by atoms with van der Waals surface area (Å²) >= 11 is 0. The number of amidine groups is 2. The average Bonchev–Trinajstić information content (AvgIpc) is 4.10. The third-order valence-corrected chi connectivity index (χ3v) is 14.5. The maximum Gasteiger partial charge on any atom is 0.160 e. The SMILES string of the molecule is c1ccc(C2N=C(c3ccc(-n4c5ccccc5c5cc6ccccc6cc54)cc3-c3cc4ccccc4c4oc5ccccc5c34)N=C(c3ccc4c(c3)c3ccccc3n4-c3ccccc3)N2)cc1. The van der Waals surface area contributed by atoms with E-state index in [2.05, 4.69) is 245 Å². The van der Waals surface area contributed by atoms with Gasteiger partial charge in [-0.15, -0.1) is 0 Å². The van der Waals surface area contributed by atoms with E-state index in [1.54, 1.807) is 0 Å². The normalized spacial score (nSPS) is 14.1. The molecule has 0 saturated carbocycles. The Labute approximate surface area is 407 Å². The van der Waals surface area contributed by atoms with Crippen LogP contribution in [0.4, 0.5) is 0 Å². The van der Waals surface area contributed by atoms with Gasteiger partial charge in [-0.2, -0.15) is 0 Å². The molecule has 332 valence electrons. The second-order valence-corrected chi connectivity index (χ2v) is 18.5. The van der Waals surface area contributed by atoms with E-state index in [9.17, 15) is 0 Å². The van der Waals surface area contributed by atoms with E-state index in [0.29, 0.717) is 5.84 Å². The molecular weight excluding hydrogens is 867 g/mol. The molecule has 14 aromatic rings. The van der Waals surface area contributed by atoms with Crippen LogP contribution in [0.2, 0.25) is 0 Å². The van der Waals surface area contributed by atoms with Gasteiger partial charge in [0.05, 0.1) is 22.1 Å². The molecule has 6 nitrogen and oxygen atoms in total. The van der Waals surface area contributed by atoms with Gasteiger partial charge < -0.3 is 18.9 Å². The molecule has 0 radical (unpaired) electrons. The van der Waals surface area contributed by atoms with Gasteiger partial charge in [0.2, 0.25) is 0 Å². The van der Waals surface area contributed by atoms with E-state index in [1.165, 1.54) is 26.9 Å². The zero-order valence-corrected chi connectivity index (χ0v) is 38.3. The quantitative estimate of drug-likeness (QED) is 0.181. The van der Waals surface area contributed by atoms with Crippen LogP contribution in [0.15, 0.2) is 251 Å². The first-order chi connectivity index (χ1) is 35.2. The zero-order valence-electron chi connectivity index (χ0n) is 38.3. The Morgan fingerprint density at radius 1 is 0.394 bits per heavy atom. The largest absolute Gasteiger partial charge is 0.455 e. The molecule has 0 saturated heterocycles. The minimum absolute atomic E-state index is 0.412. The smallest absolute Gasteiger partial charge is 0.160 e. The lowest BCUT2D eigenvalue weighted by atomic mass is 9.91. The van der Waals surface area contributed by atoms with Crippen LogP contribution in [-0.4, -0.2) is 20.8 Å². The standard InChI is InChI=1S/C65H41N5O/c1-3-17-40(18-4-1)63-66-64(44-31-34-58-53(37-44)48-25-11-14-28-56(48)69(58)45-22-5-2-6-23-45)68-65(67-63)50-33-32-46(70-57-29-15-12-26-49(57)54-35-41-19-7-8-20-42(41)38-59(54)70)39-52(50)55-36-43-21-9-10-24-47(43)62-61(55)51-27-13-16-30-60(51)71-62/h1-39,63H,(H,66,67,68). The van der Waals surface area contributed by atoms with E-state index in [4.69, 9.17) is 14.4 Å². The second kappa shape index (κ2) is 15.5. The highest BCUT2D eigenvalue weighted by Gasteiger charge is 2.27. The van der Waals surface area contributed by atoms with Crippen molar-refractivity contribution < 1.29 is 4.42 Å². The van der Waals surface area contributed by atoms with Crippen molar-refractivity contribution in [2.24, 2.45) is 9.98 Å². The van der Waals surface area contributed by atoms with Crippen molar-refractivity contribution in [1.29, 1.82) is 0 Å². The Morgan fingerprint density at radius 3 is 1.77 bits per heavy atom. The van der Waals surface area contributed by atoms with Crippen molar-refractivity contribution in [3.05, 3.63) is 253 Å². The molecule has 3 aromatic heterocycles. The third-order valence-electron chi connectivity index (χ3n) is 14.5. The van der Waals surface area contributed by atoms with Gasteiger partial charge in [-0.1, -0.05) is 152 Å². The highest BCUT2D eigenvalue weighted by molar-refractivity contribution is 6.24. The lowest BCUT2D eigenvalue weighted by molar-refractivity contribution is 0.672. The fraction of sp³-hybridized carbons (Fsp3) is 0.0154. The summed E-state index contributed by atoms with van der Waals surface area (Å²) in [5, 5.41) is 15.3. The molecule has 1 aliphatic heterocycles. The monoisotopic (exact) mass is 907 g/mol. The fourth-order valence-electron chi connectivity index (χ4n) is 11.3. The van der Waals surface area contributed by atoms with E-state index in [0.717, 1.165) is 105 Å². The number of aromatic nitrogens is 2. The number of fused-ring (bicyclic) bond motifs is 12. The summed E-state index contributed by atoms with van der Waals surface area (Å²) in [4.78, 5) is 11.1. The molecular formula is C65H41N5O. The van der Waals surface area contributed by atoms with Crippen molar-refractivity contribution in [1.82, 2.24) is 14.5 Å². The topological polar surface area (TPSA) is 59.8 Å². The molecule has 1 unspecified atom stereocenters. The molecule has 6 heteroatoms. The molecule has 0 spiro atoms. The van der Waals surface area contributed by atoms with Crippen LogP contribution in [0.5, 0.6) is 0 Å². The van der Waals surface area contributed by atoms with Crippen molar-refractivity contribution >= 4 is 98.8 Å². The predicted molar refractivity (Wildman–Crippen MR) is 295 cm³/mol. The lowest BCUT2D eigenvalue weighted by Crippen LogP contribution is -2.33. The number of aliphatic imine (C=N–C) groups is 2. The molecule has 71 heavy (non-hydrogen) atoms. The molecule has 11 aromatic carbocycles. The maximum absolute atomic E-state index is 6.84. The number of nitrogens with zero attached hydrogens (tertiary/aromatic N) is 4. The molecule has 1 N–H and O–H groups in total. The van der Waals surface area contributed by atoms with E-state index in [1.807, 2.05) is 6.07 Å². The second-order valence-electron chi connectivity index (χ2n) is 18.5. The van der Waals surface area contributed by atoms with Crippen LogP contribution in [-0.2, 0) is 0 Å². The Kier molecular flexibility index (Phi) is 8.62. The average molecular weight is 908 g/mol. The zero-order chi connectivity index (χ0) is 46.6. The van der Waals surface area contributed by atoms with Crippen LogP contribution in [0.3, 0.4) is 0 Å². The summed E-state index contributed by atoms with van der Waals surface area (Å²) in [7, 11) is 0. The number of para-hydroxylation sites is 4. The Morgan fingerprint density at radius 2 is 1.00 bits per heavy atom. The van der Waals surface area contributed by atoms with Crippen molar-refractivity contribution in [2.75, 3.05) is 0 Å². The minimum Gasteiger partial charge on any atom is -0.455 e. The number of hydrogen-bond donors (Lipinski definition) is 1. The highest BCUT2D eigenvalue weighted by atomic mass is 16.3. The van der Waals surface area contributed by atoms with Crippen LogP contribution < -0.4 is 5.32 Å². The van der Waals surface area contributed by atoms with Crippen LogP contribution in [0, 0.1) is 0 Å². The van der Waals surface area contributed by atoms with Crippen LogP contribution >= 0.6 is 0 Å². The number of nitrogens with one attached hydrogen (secondary N) is 1. The number of benzene rings is 11. The van der Waals surface area contributed by atoms with Gasteiger partial charge in [-0.05, 0) is 118 Å². The number of furan rings is 1. The van der Waals surface area contributed by atoms with Crippen LogP contribution in [0.25, 0.3) is 110 Å². The number of rotatable bonds is 6. The summed E-state index contributed by atoms with van der Waals surface area (Å²) in [6, 6.07) is 84.6. The van der Waals surface area contributed by atoms with E-state index < -0.39 is 6.17 Å². The molecule has 4 heterocycles. The van der Waals surface area contributed by atoms with Crippen LogP contribution in [0.1, 0.15) is 22.9 Å². The summed E-state index contributed by atoms with van der Waals surface area (Å²) in [5.74, 6) is 1.40. The Hall–Kier alpha value is -9.52. The summed E-state index contributed by atoms with van der Waals surface area (Å²) in [6.45, 7) is 0. The molecule has 1 atom stereocenters. The van der Waals surface area contributed by atoms with Crippen molar-refractivity contribution in [3.63, 3.8) is 0 Å². The van der Waals surface area contributed by atoms with Gasteiger partial charge >= 0.3 is 0 Å². The lowest BCUT2D eigenvalue weighted by Gasteiger charge is -2.25. The molecule has 1 aliphatic rings. The van der Waals surface area contributed by atoms with Gasteiger partial charge in [0, 0.05) is 60.2 Å². The summed E-state index contributed by atoms with van der Waals surface area (Å²) < 4.78 is 11.6. The van der Waals surface area contributed by atoms with E-state index in [-0.39, 0.29) is 0 Å². The predicted octanol–water partition coefficient (Wildman–Crippen LogP) is 16.2. The molecule has 15 rings (SSSR count). The fourth-order valence-corrected chi connectivity index (χ4v) is 11.3. The van der Waals surface area contributed by atoms with Gasteiger partial charge in [-0.3, -0.25) is 0 Å². The van der Waals surface area contributed by atoms with Gasteiger partial charge in [0.25, 0.3) is 0 Å². The first-order valence-electron chi connectivity index (χ1n) is 24.2. The highest BCUT2D eigenvalue weighted by Crippen LogP contribution is 2.44. The molecule has 0 aliphatic carbocycles. The van der Waals surface area contributed by atoms with Crippen molar-refractivity contribution in [2.45, 2.75) is 6.17 Å². The Bertz CT molecular complexity index is 4560. The molecule has 0 bridgehead atoms. The number of hydrogen-bond acceptors (Lipinski definition) is 4. The first kappa shape index (κ1) is 39.5. The molecule has 0 amide bonds. The Balaban J connectivity index is 1.01. The molecule has 0 fully saturated rings. The third kappa shape index (κ3) is 6.14. The van der Waals surface area contributed by atoms with Crippen molar-refractivity contribution in [3.8, 4) is 22.5 Å². The summed E-state index contributed by atoms with van der Waals surface area (Å²) in [6.07, 6.45) is -0.412. The van der Waals surface area contributed by atoms with E-state index >= 15 is 0 Å². The van der Waals surface area contributed by atoms with Gasteiger partial charge in [0.1, 0.15) is 23.2 Å². The maximum atomic E-state index is 6.84. The van der Waals surface area contributed by atoms with Gasteiger partial charge in [0.15, 0.2) is 5.84 Å². The first-order valence-corrected chi connectivity index (χ1v) is 24.2. The van der Waals surface area contributed by atoms with Gasteiger partial charge in [-0.25, -0.2) is 9.98 Å². The summed E-state index contributed by atoms with van der Waals surface area (Å²) in [5.41, 5.74) is 13.5. The minimum atomic E-state index is -0.412.